The molecule has 0 saturated carbocycles. The van der Waals surface area contributed by atoms with Gasteiger partial charge in [0.25, 0.3) is 0 Å². The van der Waals surface area contributed by atoms with E-state index in [1.807, 2.05) is 0 Å². The zero-order valence-corrected chi connectivity index (χ0v) is 7.88. The van der Waals surface area contributed by atoms with Crippen LogP contribution in [0.4, 0.5) is 5.82 Å². The molecule has 15 heavy (non-hydrogen) atoms. The van der Waals surface area contributed by atoms with Crippen LogP contribution in [0.15, 0.2) is 6.33 Å². The Morgan fingerprint density at radius 1 is 1.60 bits per heavy atom. The van der Waals surface area contributed by atoms with Crippen molar-refractivity contribution in [1.29, 1.82) is 0 Å². The third kappa shape index (κ3) is 1.68. The van der Waals surface area contributed by atoms with E-state index in [2.05, 4.69) is 25.6 Å². The van der Waals surface area contributed by atoms with Crippen molar-refractivity contribution in [1.82, 2.24) is 25.0 Å². The maximum atomic E-state index is 10.4. The molecule has 0 fully saturated rings. The van der Waals surface area contributed by atoms with E-state index in [0.717, 1.165) is 0 Å². The zero-order valence-electron chi connectivity index (χ0n) is 7.88. The van der Waals surface area contributed by atoms with Gasteiger partial charge in [0.05, 0.1) is 0 Å². The van der Waals surface area contributed by atoms with Gasteiger partial charge in [-0.1, -0.05) is 5.21 Å². The van der Waals surface area contributed by atoms with Crippen molar-refractivity contribution < 1.29 is 9.90 Å². The molecule has 2 rings (SSSR count). The van der Waals surface area contributed by atoms with Crippen molar-refractivity contribution in [3.05, 3.63) is 6.33 Å². The number of anilines is 1. The summed E-state index contributed by atoms with van der Waals surface area (Å²) >= 11 is 0. The van der Waals surface area contributed by atoms with E-state index >= 15 is 0 Å². The topological polar surface area (TPSA) is 106 Å². The third-order valence-electron chi connectivity index (χ3n) is 1.81. The number of nitrogens with zero attached hydrogens (tertiary/aromatic N) is 5. The predicted molar refractivity (Wildman–Crippen MR) is 50.2 cm³/mol. The summed E-state index contributed by atoms with van der Waals surface area (Å²) in [5.41, 5.74) is 1.01. The monoisotopic (exact) mass is 208 g/mol. The molecule has 0 bridgehead atoms. The van der Waals surface area contributed by atoms with E-state index in [9.17, 15) is 4.79 Å². The highest BCUT2D eigenvalue weighted by Gasteiger charge is 2.09. The zero-order chi connectivity index (χ0) is 10.8. The van der Waals surface area contributed by atoms with Crippen LogP contribution in [-0.2, 0) is 11.8 Å². The van der Waals surface area contributed by atoms with Crippen LogP contribution >= 0.6 is 0 Å². The van der Waals surface area contributed by atoms with Gasteiger partial charge < -0.3 is 10.4 Å². The SMILES string of the molecule is Cn1nnc2ncnc(NCC(=O)O)c21. The van der Waals surface area contributed by atoms with Gasteiger partial charge in [-0.25, -0.2) is 14.6 Å². The quantitative estimate of drug-likeness (QED) is 0.683. The van der Waals surface area contributed by atoms with Gasteiger partial charge >= 0.3 is 5.97 Å². The molecule has 8 nitrogen and oxygen atoms in total. The molecule has 0 amide bonds. The first-order valence-corrected chi connectivity index (χ1v) is 4.14. The lowest BCUT2D eigenvalue weighted by atomic mass is 10.4. The van der Waals surface area contributed by atoms with Crippen molar-refractivity contribution in [3.63, 3.8) is 0 Å². The second kappa shape index (κ2) is 3.48. The number of fused-ring (bicyclic) bond motifs is 1. The Hall–Kier alpha value is -2.25. The second-order valence-electron chi connectivity index (χ2n) is 2.85. The number of hydrogen-bond donors (Lipinski definition) is 2. The Bertz CT molecular complexity index is 507. The normalized spacial score (nSPS) is 10.5. The molecule has 0 aromatic carbocycles. The molecule has 0 aliphatic heterocycles. The Morgan fingerprint density at radius 2 is 2.40 bits per heavy atom. The van der Waals surface area contributed by atoms with Crippen LogP contribution in [-0.4, -0.2) is 42.6 Å². The molecular weight excluding hydrogens is 200 g/mol. The molecule has 8 heteroatoms. The third-order valence-corrected chi connectivity index (χ3v) is 1.81. The van der Waals surface area contributed by atoms with Crippen LogP contribution in [0.1, 0.15) is 0 Å². The van der Waals surface area contributed by atoms with Gasteiger partial charge in [-0.2, -0.15) is 0 Å². The van der Waals surface area contributed by atoms with Crippen LogP contribution in [0.5, 0.6) is 0 Å². The van der Waals surface area contributed by atoms with E-state index in [-0.39, 0.29) is 6.54 Å². The number of carbonyl (C=O) groups is 1. The molecule has 0 unspecified atom stereocenters. The average molecular weight is 208 g/mol. The van der Waals surface area contributed by atoms with Crippen molar-refractivity contribution in [2.75, 3.05) is 11.9 Å². The lowest BCUT2D eigenvalue weighted by Gasteiger charge is -2.02. The molecule has 2 aromatic rings. The first-order valence-electron chi connectivity index (χ1n) is 4.14. The fourth-order valence-electron chi connectivity index (χ4n) is 1.18. The van der Waals surface area contributed by atoms with Gasteiger partial charge in [0.2, 0.25) is 5.65 Å². The highest BCUT2D eigenvalue weighted by molar-refractivity contribution is 5.84. The van der Waals surface area contributed by atoms with Gasteiger partial charge in [-0.3, -0.25) is 4.79 Å². The minimum Gasteiger partial charge on any atom is -0.480 e. The van der Waals surface area contributed by atoms with Gasteiger partial charge in [-0.15, -0.1) is 5.10 Å². The summed E-state index contributed by atoms with van der Waals surface area (Å²) in [6.07, 6.45) is 1.31. The maximum Gasteiger partial charge on any atom is 0.322 e. The van der Waals surface area contributed by atoms with E-state index in [1.54, 1.807) is 7.05 Å². The molecule has 0 aliphatic rings. The van der Waals surface area contributed by atoms with Gasteiger partial charge in [-0.05, 0) is 0 Å². The largest absolute Gasteiger partial charge is 0.480 e. The molecule has 0 saturated heterocycles. The summed E-state index contributed by atoms with van der Waals surface area (Å²) in [6.45, 7) is -0.211. The lowest BCUT2D eigenvalue weighted by Crippen LogP contribution is -2.14. The molecule has 0 spiro atoms. The van der Waals surface area contributed by atoms with E-state index < -0.39 is 5.97 Å². The summed E-state index contributed by atoms with van der Waals surface area (Å²) in [5, 5.41) is 18.7. The first-order chi connectivity index (χ1) is 7.18. The molecule has 78 valence electrons. The molecule has 0 aliphatic carbocycles. The van der Waals surface area contributed by atoms with E-state index in [4.69, 9.17) is 5.11 Å². The Balaban J connectivity index is 2.41. The van der Waals surface area contributed by atoms with Crippen LogP contribution in [0.3, 0.4) is 0 Å². The second-order valence-corrected chi connectivity index (χ2v) is 2.85. The summed E-state index contributed by atoms with van der Waals surface area (Å²) in [4.78, 5) is 18.2. The standard InChI is InChI=1S/C7H8N6O2/c1-13-5-6(8-2-4(14)15)9-3-10-7(5)11-12-13/h3H,2H2,1H3,(H,14,15)(H,8,9,10). The Labute approximate surface area is 83.9 Å². The van der Waals surface area contributed by atoms with E-state index in [1.165, 1.54) is 11.0 Å². The average Bonchev–Trinajstić information content (AvgIpc) is 2.58. The first kappa shape index (κ1) is 9.31. The van der Waals surface area contributed by atoms with Crippen molar-refractivity contribution in [3.8, 4) is 0 Å². The van der Waals surface area contributed by atoms with Crippen LogP contribution in [0, 0.1) is 0 Å². The predicted octanol–water partition coefficient (Wildman–Crippen LogP) is -0.745. The van der Waals surface area contributed by atoms with Gasteiger partial charge in [0.1, 0.15) is 18.4 Å². The Morgan fingerprint density at radius 3 is 3.13 bits per heavy atom. The minimum atomic E-state index is -0.961. The van der Waals surface area contributed by atoms with Gasteiger partial charge in [0, 0.05) is 7.05 Å². The van der Waals surface area contributed by atoms with Crippen LogP contribution in [0.2, 0.25) is 0 Å². The summed E-state index contributed by atoms with van der Waals surface area (Å²) in [5.74, 6) is -0.549. The molecule has 0 atom stereocenters. The number of hydrogen-bond acceptors (Lipinski definition) is 6. The number of aliphatic carboxylic acids is 1. The summed E-state index contributed by atoms with van der Waals surface area (Å²) in [6, 6.07) is 0. The number of carboxylic acids is 1. The number of aromatic nitrogens is 5. The minimum absolute atomic E-state index is 0.211. The lowest BCUT2D eigenvalue weighted by molar-refractivity contribution is -0.134. The number of rotatable bonds is 3. The fourth-order valence-corrected chi connectivity index (χ4v) is 1.18. The van der Waals surface area contributed by atoms with Crippen LogP contribution < -0.4 is 5.32 Å². The number of aryl methyl sites for hydroxylation is 1. The molecular formula is C7H8N6O2. The van der Waals surface area contributed by atoms with Crippen molar-refractivity contribution in [2.45, 2.75) is 0 Å². The summed E-state index contributed by atoms with van der Waals surface area (Å²) < 4.78 is 1.49. The highest BCUT2D eigenvalue weighted by atomic mass is 16.4. The molecule has 2 aromatic heterocycles. The smallest absolute Gasteiger partial charge is 0.322 e. The number of nitrogens with one attached hydrogen (secondary N) is 1. The molecule has 2 heterocycles. The maximum absolute atomic E-state index is 10.4. The van der Waals surface area contributed by atoms with Crippen LogP contribution in [0.25, 0.3) is 11.2 Å². The molecule has 2 N–H and O–H groups in total. The van der Waals surface area contributed by atoms with Crippen molar-refractivity contribution >= 4 is 23.0 Å². The number of carboxylic acid groups (broad SMARTS) is 1. The molecule has 0 radical (unpaired) electrons. The summed E-state index contributed by atoms with van der Waals surface area (Å²) in [7, 11) is 1.69. The van der Waals surface area contributed by atoms with Crippen molar-refractivity contribution in [2.24, 2.45) is 7.05 Å². The highest BCUT2D eigenvalue weighted by Crippen LogP contribution is 2.14. The Kier molecular flexibility index (Phi) is 2.16. The van der Waals surface area contributed by atoms with E-state index in [0.29, 0.717) is 17.0 Å². The fraction of sp³-hybridized carbons (Fsp3) is 0.286. The van der Waals surface area contributed by atoms with Gasteiger partial charge in [0.15, 0.2) is 5.82 Å².